The van der Waals surface area contributed by atoms with Crippen molar-refractivity contribution in [3.05, 3.63) is 71.3 Å². The summed E-state index contributed by atoms with van der Waals surface area (Å²) in [5, 5.41) is 4.49. The molecule has 9 nitrogen and oxygen atoms in total. The van der Waals surface area contributed by atoms with Gasteiger partial charge >= 0.3 is 0 Å². The minimum atomic E-state index is -0.285. The van der Waals surface area contributed by atoms with Crippen LogP contribution in [-0.4, -0.2) is 79.3 Å². The van der Waals surface area contributed by atoms with E-state index in [0.717, 1.165) is 48.7 Å². The van der Waals surface area contributed by atoms with E-state index in [0.29, 0.717) is 23.3 Å². The predicted molar refractivity (Wildman–Crippen MR) is 155 cm³/mol. The first-order valence-corrected chi connectivity index (χ1v) is 13.2. The number of carbonyl (C=O) groups is 2. The lowest BCUT2D eigenvalue weighted by Gasteiger charge is -2.43. The minimum absolute atomic E-state index is 0.138. The van der Waals surface area contributed by atoms with Crippen molar-refractivity contribution in [3.63, 3.8) is 0 Å². The van der Waals surface area contributed by atoms with E-state index >= 15 is 0 Å². The second-order valence-electron chi connectivity index (χ2n) is 11.7. The SMILES string of the molecule is CC(C)(C)c1cc(-c2ccc(F)cc2)nn2cc(C=O)nc12.CN1CCN(C=O)CC1(C)C.Cc1cnc(C)[nH]1. The molecule has 1 aliphatic heterocycles. The molecule has 10 heteroatoms. The Morgan fingerprint density at radius 3 is 2.23 bits per heavy atom. The number of nitrogens with one attached hydrogen (secondary N) is 1. The highest BCUT2D eigenvalue weighted by molar-refractivity contribution is 5.74. The molecule has 1 aliphatic rings. The van der Waals surface area contributed by atoms with Gasteiger partial charge in [0, 0.05) is 48.2 Å². The number of H-pyrrole nitrogens is 1. The van der Waals surface area contributed by atoms with Crippen molar-refractivity contribution in [1.29, 1.82) is 0 Å². The quantitative estimate of drug-likeness (QED) is 0.367. The molecule has 214 valence electrons. The lowest BCUT2D eigenvalue weighted by molar-refractivity contribution is -0.122. The summed E-state index contributed by atoms with van der Waals surface area (Å²) in [6, 6.07) is 8.14. The van der Waals surface area contributed by atoms with Crippen LogP contribution in [0.5, 0.6) is 0 Å². The molecule has 0 saturated carbocycles. The van der Waals surface area contributed by atoms with Crippen LogP contribution in [-0.2, 0) is 10.2 Å². The van der Waals surface area contributed by atoms with Crippen molar-refractivity contribution in [2.24, 2.45) is 0 Å². The van der Waals surface area contributed by atoms with Gasteiger partial charge in [-0.1, -0.05) is 20.8 Å². The summed E-state index contributed by atoms with van der Waals surface area (Å²) in [6.07, 6.45) is 5.06. The van der Waals surface area contributed by atoms with Crippen molar-refractivity contribution in [1.82, 2.24) is 34.4 Å². The molecule has 0 bridgehead atoms. The zero-order valence-corrected chi connectivity index (χ0v) is 24.7. The smallest absolute Gasteiger partial charge is 0.209 e. The van der Waals surface area contributed by atoms with E-state index in [-0.39, 0.29) is 16.8 Å². The summed E-state index contributed by atoms with van der Waals surface area (Å²) in [7, 11) is 2.10. The summed E-state index contributed by atoms with van der Waals surface area (Å²) in [4.78, 5) is 36.9. The second-order valence-corrected chi connectivity index (χ2v) is 11.7. The van der Waals surface area contributed by atoms with Gasteiger partial charge in [-0.3, -0.25) is 14.5 Å². The Labute approximate surface area is 235 Å². The predicted octanol–water partition coefficient (Wildman–Crippen LogP) is 4.84. The van der Waals surface area contributed by atoms with Crippen LogP contribution in [0, 0.1) is 19.7 Å². The Morgan fingerprint density at radius 2 is 1.75 bits per heavy atom. The Balaban J connectivity index is 0.000000202. The number of fused-ring (bicyclic) bond motifs is 1. The largest absolute Gasteiger partial charge is 0.346 e. The van der Waals surface area contributed by atoms with Crippen LogP contribution in [0.2, 0.25) is 0 Å². The summed E-state index contributed by atoms with van der Waals surface area (Å²) < 4.78 is 14.7. The zero-order chi connectivity index (χ0) is 29.7. The molecule has 3 aromatic heterocycles. The Morgan fingerprint density at radius 1 is 1.07 bits per heavy atom. The molecule has 40 heavy (non-hydrogen) atoms. The highest BCUT2D eigenvalue weighted by atomic mass is 19.1. The third-order valence-corrected chi connectivity index (χ3v) is 6.84. The van der Waals surface area contributed by atoms with Crippen LogP contribution in [0.25, 0.3) is 16.9 Å². The van der Waals surface area contributed by atoms with Crippen molar-refractivity contribution in [2.75, 3.05) is 26.7 Å². The number of aldehydes is 1. The number of piperazine rings is 1. The number of rotatable bonds is 3. The third kappa shape index (κ3) is 7.81. The van der Waals surface area contributed by atoms with E-state index in [2.05, 4.69) is 66.6 Å². The maximum atomic E-state index is 13.1. The number of aromatic nitrogens is 5. The van der Waals surface area contributed by atoms with E-state index in [1.807, 2.05) is 31.0 Å². The summed E-state index contributed by atoms with van der Waals surface area (Å²) in [6.45, 7) is 17.1. The number of nitrogens with zero attached hydrogens (tertiary/aromatic N) is 6. The van der Waals surface area contributed by atoms with E-state index in [4.69, 9.17) is 0 Å². The number of amides is 1. The van der Waals surface area contributed by atoms with Crippen LogP contribution in [0.15, 0.2) is 42.7 Å². The zero-order valence-electron chi connectivity index (χ0n) is 24.7. The first kappa shape index (κ1) is 30.6. The molecule has 0 radical (unpaired) electrons. The van der Waals surface area contributed by atoms with E-state index in [1.54, 1.807) is 22.8 Å². The van der Waals surface area contributed by atoms with Gasteiger partial charge in [-0.2, -0.15) is 5.10 Å². The van der Waals surface area contributed by atoms with Crippen molar-refractivity contribution < 1.29 is 14.0 Å². The maximum absolute atomic E-state index is 13.1. The number of benzene rings is 1. The average molecular weight is 550 g/mol. The molecule has 0 atom stereocenters. The Kier molecular flexibility index (Phi) is 9.57. The number of hydrogen-bond acceptors (Lipinski definition) is 6. The highest BCUT2D eigenvalue weighted by Gasteiger charge is 2.30. The number of carbonyl (C=O) groups excluding carboxylic acids is 2. The van der Waals surface area contributed by atoms with E-state index < -0.39 is 0 Å². The van der Waals surface area contributed by atoms with Crippen LogP contribution >= 0.6 is 0 Å². The minimum Gasteiger partial charge on any atom is -0.346 e. The molecule has 0 unspecified atom stereocenters. The fraction of sp³-hybridized carbons (Fsp3) is 0.433. The summed E-state index contributed by atoms with van der Waals surface area (Å²) in [5.41, 5.74) is 4.62. The fourth-order valence-electron chi connectivity index (χ4n) is 4.28. The van der Waals surface area contributed by atoms with Gasteiger partial charge in [-0.05, 0) is 70.5 Å². The molecular formula is C30H40FN7O2. The van der Waals surface area contributed by atoms with Crippen LogP contribution < -0.4 is 0 Å². The molecule has 1 N–H and O–H groups in total. The van der Waals surface area contributed by atoms with Crippen LogP contribution in [0.3, 0.4) is 0 Å². The number of halogens is 1. The first-order valence-electron chi connectivity index (χ1n) is 13.2. The first-order chi connectivity index (χ1) is 18.7. The lowest BCUT2D eigenvalue weighted by atomic mass is 9.87. The van der Waals surface area contributed by atoms with E-state index in [1.165, 1.54) is 12.1 Å². The maximum Gasteiger partial charge on any atom is 0.209 e. The Bertz CT molecular complexity index is 1420. The van der Waals surface area contributed by atoms with Crippen LogP contribution in [0.1, 0.15) is 62.2 Å². The third-order valence-electron chi connectivity index (χ3n) is 6.84. The standard InChI is InChI=1S/C17H16FN3O.C8H16N2O.C5H8N2/c1-17(2,3)14-8-15(11-4-6-12(18)7-5-11)20-21-9-13(10-22)19-16(14)21;1-8(2)6-10(7-11)5-4-9(8)3;1-4-3-6-5(2)7-4/h4-10H,1-3H3;7H,4-6H2,1-3H3;3H,1-2H3,(H,6,7). The molecule has 1 fully saturated rings. The molecule has 1 amide bonds. The van der Waals surface area contributed by atoms with Gasteiger partial charge in [0.2, 0.25) is 6.41 Å². The summed E-state index contributed by atoms with van der Waals surface area (Å²) in [5.74, 6) is 0.698. The molecule has 0 aliphatic carbocycles. The normalized spacial score (nSPS) is 15.1. The highest BCUT2D eigenvalue weighted by Crippen LogP contribution is 2.29. The van der Waals surface area contributed by atoms with Gasteiger partial charge in [-0.15, -0.1) is 0 Å². The molecule has 1 aromatic carbocycles. The Hall–Kier alpha value is -3.92. The van der Waals surface area contributed by atoms with Crippen molar-refractivity contribution in [2.45, 2.75) is 59.4 Å². The molecule has 4 heterocycles. The van der Waals surface area contributed by atoms with Crippen molar-refractivity contribution >= 4 is 18.3 Å². The topological polar surface area (TPSA) is 99.5 Å². The molecule has 1 saturated heterocycles. The number of likely N-dealkylation sites (N-methyl/N-ethyl adjacent to an activating group) is 1. The van der Waals surface area contributed by atoms with Gasteiger partial charge in [0.1, 0.15) is 17.3 Å². The second kappa shape index (κ2) is 12.5. The van der Waals surface area contributed by atoms with Crippen molar-refractivity contribution in [3.8, 4) is 11.3 Å². The number of aromatic amines is 1. The van der Waals surface area contributed by atoms with Gasteiger partial charge in [0.05, 0.1) is 11.9 Å². The van der Waals surface area contributed by atoms with Gasteiger partial charge < -0.3 is 9.88 Å². The number of aryl methyl sites for hydroxylation is 2. The van der Waals surface area contributed by atoms with Gasteiger partial charge in [-0.25, -0.2) is 18.9 Å². The van der Waals surface area contributed by atoms with Crippen LogP contribution in [0.4, 0.5) is 4.39 Å². The molecule has 5 rings (SSSR count). The monoisotopic (exact) mass is 549 g/mol. The number of imidazole rings is 2. The average Bonchev–Trinajstić information content (AvgIpc) is 3.50. The summed E-state index contributed by atoms with van der Waals surface area (Å²) >= 11 is 0. The van der Waals surface area contributed by atoms with Gasteiger partial charge in [0.25, 0.3) is 0 Å². The fourth-order valence-corrected chi connectivity index (χ4v) is 4.28. The number of hydrogen-bond donors (Lipinski definition) is 1. The molecule has 0 spiro atoms. The molecule has 4 aromatic rings. The lowest BCUT2D eigenvalue weighted by Crippen LogP contribution is -2.57. The molecular weight excluding hydrogens is 509 g/mol. The van der Waals surface area contributed by atoms with E-state index in [9.17, 15) is 14.0 Å². The van der Waals surface area contributed by atoms with Gasteiger partial charge in [0.15, 0.2) is 11.9 Å².